The number of nitrogens with zero attached hydrogens (tertiary/aromatic N) is 4. The van der Waals surface area contributed by atoms with Crippen LogP contribution < -0.4 is 0 Å². The summed E-state index contributed by atoms with van der Waals surface area (Å²) in [5.74, 6) is 0. The van der Waals surface area contributed by atoms with E-state index in [1.54, 1.807) is 0 Å². The molecule has 0 atom stereocenters. The summed E-state index contributed by atoms with van der Waals surface area (Å²) in [6.07, 6.45) is 4.09. The fourth-order valence-corrected chi connectivity index (χ4v) is 4.31. The molecule has 0 bridgehead atoms. The molecule has 1 aliphatic heterocycles. The lowest BCUT2D eigenvalue weighted by Crippen LogP contribution is -1.94. The Hall–Kier alpha value is -3.53. The fraction of sp³-hybridized carbons (Fsp3) is 0.125. The van der Waals surface area contributed by atoms with Crippen LogP contribution in [0.25, 0.3) is 44.3 Å². The van der Waals surface area contributed by atoms with Gasteiger partial charge in [-0.1, -0.05) is 42.5 Å². The SMILES string of the molecule is c1ccc2nc(-c3nn4c(c3-c3ccnc5ccccc35)CCC4)ccc2c1. The molecule has 0 unspecified atom stereocenters. The zero-order chi connectivity index (χ0) is 18.5. The quantitative estimate of drug-likeness (QED) is 0.430. The first-order valence-corrected chi connectivity index (χ1v) is 9.68. The highest BCUT2D eigenvalue weighted by molar-refractivity contribution is 5.99. The minimum atomic E-state index is 0.927. The summed E-state index contributed by atoms with van der Waals surface area (Å²) < 4.78 is 2.16. The van der Waals surface area contributed by atoms with Crippen molar-refractivity contribution in [1.29, 1.82) is 0 Å². The molecule has 134 valence electrons. The lowest BCUT2D eigenvalue weighted by Gasteiger charge is -2.09. The largest absolute Gasteiger partial charge is 0.268 e. The van der Waals surface area contributed by atoms with Crippen LogP contribution in [0.5, 0.6) is 0 Å². The molecule has 5 aromatic rings. The third kappa shape index (κ3) is 2.28. The van der Waals surface area contributed by atoms with Gasteiger partial charge < -0.3 is 0 Å². The normalized spacial score (nSPS) is 13.3. The first kappa shape index (κ1) is 15.5. The van der Waals surface area contributed by atoms with Crippen molar-refractivity contribution in [3.8, 4) is 22.5 Å². The highest BCUT2D eigenvalue weighted by Crippen LogP contribution is 2.39. The molecule has 4 heterocycles. The minimum Gasteiger partial charge on any atom is -0.268 e. The lowest BCUT2D eigenvalue weighted by atomic mass is 9.96. The average molecular weight is 362 g/mol. The maximum atomic E-state index is 4.98. The zero-order valence-corrected chi connectivity index (χ0v) is 15.3. The van der Waals surface area contributed by atoms with Crippen molar-refractivity contribution < 1.29 is 0 Å². The molecule has 4 heteroatoms. The van der Waals surface area contributed by atoms with Gasteiger partial charge in [0.05, 0.1) is 16.7 Å². The van der Waals surface area contributed by atoms with Gasteiger partial charge in [0.15, 0.2) is 0 Å². The van der Waals surface area contributed by atoms with Crippen LogP contribution in [0.1, 0.15) is 12.1 Å². The smallest absolute Gasteiger partial charge is 0.119 e. The molecule has 0 spiro atoms. The number of hydrogen-bond acceptors (Lipinski definition) is 3. The van der Waals surface area contributed by atoms with Gasteiger partial charge >= 0.3 is 0 Å². The molecule has 2 aromatic carbocycles. The van der Waals surface area contributed by atoms with Gasteiger partial charge in [-0.3, -0.25) is 9.67 Å². The molecular weight excluding hydrogens is 344 g/mol. The summed E-state index contributed by atoms with van der Waals surface area (Å²) in [5, 5.41) is 7.29. The Morgan fingerprint density at radius 3 is 2.64 bits per heavy atom. The van der Waals surface area contributed by atoms with Crippen molar-refractivity contribution in [3.63, 3.8) is 0 Å². The summed E-state index contributed by atoms with van der Waals surface area (Å²) in [5.41, 5.74) is 7.61. The molecule has 6 rings (SSSR count). The van der Waals surface area contributed by atoms with Crippen molar-refractivity contribution in [2.75, 3.05) is 0 Å². The number of rotatable bonds is 2. The topological polar surface area (TPSA) is 43.6 Å². The zero-order valence-electron chi connectivity index (χ0n) is 15.3. The van der Waals surface area contributed by atoms with Crippen molar-refractivity contribution in [1.82, 2.24) is 19.7 Å². The summed E-state index contributed by atoms with van der Waals surface area (Å²) in [6.45, 7) is 0.971. The van der Waals surface area contributed by atoms with Crippen LogP contribution in [0, 0.1) is 0 Å². The molecule has 3 aromatic heterocycles. The number of hydrogen-bond donors (Lipinski definition) is 0. The van der Waals surface area contributed by atoms with Crippen LogP contribution in [0.3, 0.4) is 0 Å². The lowest BCUT2D eigenvalue weighted by molar-refractivity contribution is 0.658. The van der Waals surface area contributed by atoms with E-state index in [2.05, 4.69) is 58.2 Å². The van der Waals surface area contributed by atoms with Gasteiger partial charge in [-0.05, 0) is 42.7 Å². The van der Waals surface area contributed by atoms with Crippen molar-refractivity contribution >= 4 is 21.8 Å². The number of benzene rings is 2. The number of aromatic nitrogens is 4. The third-order valence-electron chi connectivity index (χ3n) is 5.60. The number of aryl methyl sites for hydroxylation is 1. The molecule has 0 fully saturated rings. The first-order chi connectivity index (χ1) is 13.9. The molecule has 0 amide bonds. The van der Waals surface area contributed by atoms with Gasteiger partial charge in [0.25, 0.3) is 0 Å². The van der Waals surface area contributed by atoms with E-state index in [0.717, 1.165) is 52.6 Å². The van der Waals surface area contributed by atoms with E-state index in [4.69, 9.17) is 10.1 Å². The minimum absolute atomic E-state index is 0.927. The molecule has 0 radical (unpaired) electrons. The molecule has 0 aliphatic carbocycles. The van der Waals surface area contributed by atoms with Crippen LogP contribution in [-0.4, -0.2) is 19.7 Å². The predicted molar refractivity (Wildman–Crippen MR) is 112 cm³/mol. The number of fused-ring (bicyclic) bond motifs is 3. The molecule has 1 aliphatic rings. The van der Waals surface area contributed by atoms with Crippen LogP contribution in [0.15, 0.2) is 72.9 Å². The number of para-hydroxylation sites is 2. The Kier molecular flexibility index (Phi) is 3.32. The Morgan fingerprint density at radius 1 is 0.821 bits per heavy atom. The van der Waals surface area contributed by atoms with Gasteiger partial charge in [-0.25, -0.2) is 4.98 Å². The van der Waals surface area contributed by atoms with Crippen molar-refractivity contribution in [2.24, 2.45) is 0 Å². The molecule has 4 nitrogen and oxygen atoms in total. The maximum Gasteiger partial charge on any atom is 0.119 e. The van der Waals surface area contributed by atoms with E-state index in [0.29, 0.717) is 0 Å². The van der Waals surface area contributed by atoms with Crippen LogP contribution >= 0.6 is 0 Å². The summed E-state index contributed by atoms with van der Waals surface area (Å²) >= 11 is 0. The highest BCUT2D eigenvalue weighted by atomic mass is 15.3. The second-order valence-electron chi connectivity index (χ2n) is 7.26. The molecule has 28 heavy (non-hydrogen) atoms. The highest BCUT2D eigenvalue weighted by Gasteiger charge is 2.25. The molecule has 0 saturated carbocycles. The molecule has 0 saturated heterocycles. The van der Waals surface area contributed by atoms with E-state index in [-0.39, 0.29) is 0 Å². The van der Waals surface area contributed by atoms with Crippen LogP contribution in [0.4, 0.5) is 0 Å². The Bertz CT molecular complexity index is 1340. The Balaban J connectivity index is 1.65. The van der Waals surface area contributed by atoms with Gasteiger partial charge in [-0.2, -0.15) is 5.10 Å². The van der Waals surface area contributed by atoms with Crippen molar-refractivity contribution in [3.05, 3.63) is 78.6 Å². The fourth-order valence-electron chi connectivity index (χ4n) is 4.31. The van der Waals surface area contributed by atoms with E-state index in [1.807, 2.05) is 24.4 Å². The third-order valence-corrected chi connectivity index (χ3v) is 5.60. The van der Waals surface area contributed by atoms with Crippen molar-refractivity contribution in [2.45, 2.75) is 19.4 Å². The molecular formula is C24H18N4. The van der Waals surface area contributed by atoms with E-state index in [1.165, 1.54) is 16.8 Å². The second-order valence-corrected chi connectivity index (χ2v) is 7.26. The standard InChI is InChI=1S/C24H18N4/c1-3-8-19-16(6-1)11-12-21(26-19)24-23(22-10-5-15-28(22)27-24)18-13-14-25-20-9-4-2-7-17(18)20/h1-4,6-9,11-14H,5,10,15H2. The van der Waals surface area contributed by atoms with Crippen LogP contribution in [0.2, 0.25) is 0 Å². The monoisotopic (exact) mass is 362 g/mol. The summed E-state index contributed by atoms with van der Waals surface area (Å²) in [7, 11) is 0. The first-order valence-electron chi connectivity index (χ1n) is 9.68. The average Bonchev–Trinajstić information content (AvgIpc) is 3.34. The number of pyridine rings is 2. The Morgan fingerprint density at radius 2 is 1.68 bits per heavy atom. The van der Waals surface area contributed by atoms with Crippen LogP contribution in [-0.2, 0) is 13.0 Å². The van der Waals surface area contributed by atoms with Gasteiger partial charge in [0.2, 0.25) is 0 Å². The van der Waals surface area contributed by atoms with E-state index >= 15 is 0 Å². The summed E-state index contributed by atoms with van der Waals surface area (Å²) in [4.78, 5) is 9.48. The van der Waals surface area contributed by atoms with E-state index < -0.39 is 0 Å². The van der Waals surface area contributed by atoms with Gasteiger partial charge in [-0.15, -0.1) is 0 Å². The Labute approximate surface area is 162 Å². The van der Waals surface area contributed by atoms with E-state index in [9.17, 15) is 0 Å². The molecule has 0 N–H and O–H groups in total. The van der Waals surface area contributed by atoms with Gasteiger partial charge in [0.1, 0.15) is 5.69 Å². The summed E-state index contributed by atoms with van der Waals surface area (Å²) in [6, 6.07) is 22.9. The predicted octanol–water partition coefficient (Wildman–Crippen LogP) is 5.26. The van der Waals surface area contributed by atoms with Gasteiger partial charge in [0, 0.05) is 34.8 Å². The second kappa shape index (κ2) is 5.99. The maximum absolute atomic E-state index is 4.98.